The summed E-state index contributed by atoms with van der Waals surface area (Å²) in [5, 5.41) is 5.58. The van der Waals surface area contributed by atoms with Gasteiger partial charge in [0.1, 0.15) is 0 Å². The molecule has 7 heteroatoms. The molecule has 3 amide bonds. The summed E-state index contributed by atoms with van der Waals surface area (Å²) >= 11 is 0. The molecule has 2 N–H and O–H groups in total. The van der Waals surface area contributed by atoms with Crippen molar-refractivity contribution in [3.63, 3.8) is 0 Å². The lowest BCUT2D eigenvalue weighted by Gasteiger charge is -2.42. The Hall–Kier alpha value is -2.90. The quantitative estimate of drug-likeness (QED) is 0.796. The molecule has 0 radical (unpaired) electrons. The molecule has 0 aliphatic carbocycles. The Morgan fingerprint density at radius 3 is 2.13 bits per heavy atom. The fraction of sp³-hybridized carbons (Fsp3) is 0.417. The van der Waals surface area contributed by atoms with Crippen LogP contribution in [0.15, 0.2) is 54.6 Å². The van der Waals surface area contributed by atoms with Crippen LogP contribution in [0.2, 0.25) is 0 Å². The van der Waals surface area contributed by atoms with Crippen LogP contribution in [0.3, 0.4) is 0 Å². The van der Waals surface area contributed by atoms with Crippen molar-refractivity contribution in [3.05, 3.63) is 60.2 Å². The summed E-state index contributed by atoms with van der Waals surface area (Å²) in [7, 11) is 2.19. The number of benzene rings is 2. The predicted octanol–water partition coefficient (Wildman–Crippen LogP) is 3.18. The van der Waals surface area contributed by atoms with Gasteiger partial charge in [-0.15, -0.1) is 0 Å². The van der Waals surface area contributed by atoms with Crippen molar-refractivity contribution in [2.24, 2.45) is 0 Å². The second-order valence-corrected chi connectivity index (χ2v) is 8.41. The van der Waals surface area contributed by atoms with E-state index in [9.17, 15) is 9.59 Å². The minimum atomic E-state index is -0.310. The van der Waals surface area contributed by atoms with Crippen molar-refractivity contribution in [3.8, 4) is 0 Å². The van der Waals surface area contributed by atoms with E-state index in [-0.39, 0.29) is 11.9 Å². The van der Waals surface area contributed by atoms with E-state index < -0.39 is 0 Å². The molecule has 2 saturated heterocycles. The first-order chi connectivity index (χ1) is 15.1. The van der Waals surface area contributed by atoms with Crippen LogP contribution in [0.4, 0.5) is 16.2 Å². The predicted molar refractivity (Wildman–Crippen MR) is 124 cm³/mol. The van der Waals surface area contributed by atoms with Gasteiger partial charge in [0, 0.05) is 55.7 Å². The molecule has 2 aliphatic rings. The molecule has 4 rings (SSSR count). The van der Waals surface area contributed by atoms with E-state index >= 15 is 0 Å². The number of hydrogen-bond donors (Lipinski definition) is 2. The lowest BCUT2D eigenvalue weighted by molar-refractivity contribution is 0.0452. The van der Waals surface area contributed by atoms with E-state index in [1.54, 1.807) is 24.3 Å². The lowest BCUT2D eigenvalue weighted by Crippen LogP contribution is -2.55. The van der Waals surface area contributed by atoms with Crippen LogP contribution < -0.4 is 10.6 Å². The molecule has 0 bridgehead atoms. The Morgan fingerprint density at radius 2 is 1.48 bits per heavy atom. The summed E-state index contributed by atoms with van der Waals surface area (Å²) < 4.78 is 0. The lowest BCUT2D eigenvalue weighted by atomic mass is 10.0. The van der Waals surface area contributed by atoms with Crippen molar-refractivity contribution < 1.29 is 9.59 Å². The van der Waals surface area contributed by atoms with Gasteiger partial charge in [-0.05, 0) is 62.8 Å². The van der Waals surface area contributed by atoms with Gasteiger partial charge in [-0.1, -0.05) is 18.2 Å². The van der Waals surface area contributed by atoms with E-state index in [0.717, 1.165) is 38.4 Å². The zero-order valence-corrected chi connectivity index (χ0v) is 18.1. The average molecular weight is 422 g/mol. The standard InChI is InChI=1S/C24H31N5O2/c1-27-13-5-8-22(18-27)28-14-16-29(17-15-28)23(30)19-9-11-21(12-10-19)26-24(31)25-20-6-3-2-4-7-20/h2-4,6-7,9-12,22H,5,8,13-18H2,1H3,(H2,25,26,31). The van der Waals surface area contributed by atoms with Crippen LogP contribution in [0, 0.1) is 0 Å². The van der Waals surface area contributed by atoms with Gasteiger partial charge in [-0.3, -0.25) is 9.69 Å². The van der Waals surface area contributed by atoms with Gasteiger partial charge in [-0.2, -0.15) is 0 Å². The molecule has 0 saturated carbocycles. The molecule has 1 unspecified atom stereocenters. The molecule has 2 aromatic rings. The molecule has 2 fully saturated rings. The first kappa shape index (κ1) is 21.3. The fourth-order valence-corrected chi connectivity index (χ4v) is 4.42. The Morgan fingerprint density at radius 1 is 0.839 bits per heavy atom. The van der Waals surface area contributed by atoms with Crippen molar-refractivity contribution in [2.45, 2.75) is 18.9 Å². The van der Waals surface area contributed by atoms with Crippen LogP contribution >= 0.6 is 0 Å². The number of carbonyl (C=O) groups is 2. The van der Waals surface area contributed by atoms with Crippen LogP contribution in [-0.4, -0.2) is 79.0 Å². The van der Waals surface area contributed by atoms with Gasteiger partial charge in [-0.25, -0.2) is 4.79 Å². The maximum absolute atomic E-state index is 12.9. The average Bonchev–Trinajstić information content (AvgIpc) is 2.80. The molecule has 2 aromatic carbocycles. The van der Waals surface area contributed by atoms with E-state index in [1.807, 2.05) is 35.2 Å². The highest BCUT2D eigenvalue weighted by Crippen LogP contribution is 2.18. The number of nitrogens with zero attached hydrogens (tertiary/aromatic N) is 3. The molecule has 7 nitrogen and oxygen atoms in total. The van der Waals surface area contributed by atoms with Crippen LogP contribution in [0.1, 0.15) is 23.2 Å². The number of carbonyl (C=O) groups excluding carboxylic acids is 2. The van der Waals surface area contributed by atoms with Gasteiger partial charge in [0.2, 0.25) is 0 Å². The van der Waals surface area contributed by atoms with Gasteiger partial charge in [0.05, 0.1) is 0 Å². The number of para-hydroxylation sites is 1. The number of anilines is 2. The Kier molecular flexibility index (Phi) is 6.84. The molecular formula is C24H31N5O2. The summed E-state index contributed by atoms with van der Waals surface area (Å²) in [5.41, 5.74) is 2.03. The monoisotopic (exact) mass is 421 g/mol. The van der Waals surface area contributed by atoms with Crippen molar-refractivity contribution in [1.82, 2.24) is 14.7 Å². The summed E-state index contributed by atoms with van der Waals surface area (Å²) in [4.78, 5) is 31.9. The Labute approximate surface area is 184 Å². The molecule has 2 aliphatic heterocycles. The highest BCUT2D eigenvalue weighted by Gasteiger charge is 2.28. The van der Waals surface area contributed by atoms with Gasteiger partial charge in [0.15, 0.2) is 0 Å². The van der Waals surface area contributed by atoms with Crippen LogP contribution in [0.5, 0.6) is 0 Å². The third-order valence-corrected chi connectivity index (χ3v) is 6.14. The minimum absolute atomic E-state index is 0.0562. The van der Waals surface area contributed by atoms with E-state index in [0.29, 0.717) is 17.3 Å². The minimum Gasteiger partial charge on any atom is -0.336 e. The smallest absolute Gasteiger partial charge is 0.323 e. The maximum atomic E-state index is 12.9. The first-order valence-corrected chi connectivity index (χ1v) is 11.0. The maximum Gasteiger partial charge on any atom is 0.323 e. The summed E-state index contributed by atoms with van der Waals surface area (Å²) in [5.74, 6) is 0.0562. The summed E-state index contributed by atoms with van der Waals surface area (Å²) in [6.07, 6.45) is 2.51. The summed E-state index contributed by atoms with van der Waals surface area (Å²) in [6, 6.07) is 16.7. The molecule has 2 heterocycles. The van der Waals surface area contributed by atoms with E-state index in [1.165, 1.54) is 19.4 Å². The molecule has 164 valence electrons. The van der Waals surface area contributed by atoms with Gasteiger partial charge in [0.25, 0.3) is 5.91 Å². The van der Waals surface area contributed by atoms with E-state index in [4.69, 9.17) is 0 Å². The number of amides is 3. The van der Waals surface area contributed by atoms with Crippen molar-refractivity contribution in [1.29, 1.82) is 0 Å². The highest BCUT2D eigenvalue weighted by molar-refractivity contribution is 6.00. The number of hydrogen-bond acceptors (Lipinski definition) is 4. The van der Waals surface area contributed by atoms with Crippen molar-refractivity contribution >= 4 is 23.3 Å². The number of likely N-dealkylation sites (N-methyl/N-ethyl adjacent to an activating group) is 1. The fourth-order valence-electron chi connectivity index (χ4n) is 4.42. The normalized spacial score (nSPS) is 20.3. The largest absolute Gasteiger partial charge is 0.336 e. The van der Waals surface area contributed by atoms with Crippen LogP contribution in [0.25, 0.3) is 0 Å². The number of piperidine rings is 1. The highest BCUT2D eigenvalue weighted by atomic mass is 16.2. The van der Waals surface area contributed by atoms with Gasteiger partial charge >= 0.3 is 6.03 Å². The molecule has 1 atom stereocenters. The third kappa shape index (κ3) is 5.62. The second-order valence-electron chi connectivity index (χ2n) is 8.41. The number of urea groups is 1. The molecule has 31 heavy (non-hydrogen) atoms. The molecule has 0 aromatic heterocycles. The van der Waals surface area contributed by atoms with E-state index in [2.05, 4.69) is 27.5 Å². The SMILES string of the molecule is CN1CCCC(N2CCN(C(=O)c3ccc(NC(=O)Nc4ccccc4)cc3)CC2)C1. The second kappa shape index (κ2) is 9.94. The molecule has 0 spiro atoms. The number of rotatable bonds is 4. The Bertz CT molecular complexity index is 879. The zero-order chi connectivity index (χ0) is 21.6. The van der Waals surface area contributed by atoms with Crippen molar-refractivity contribution in [2.75, 3.05) is 56.9 Å². The number of likely N-dealkylation sites (tertiary alicyclic amines) is 1. The third-order valence-electron chi connectivity index (χ3n) is 6.14. The zero-order valence-electron chi connectivity index (χ0n) is 18.1. The van der Waals surface area contributed by atoms with Crippen LogP contribution in [-0.2, 0) is 0 Å². The molecular weight excluding hydrogens is 390 g/mol. The Balaban J connectivity index is 1.27. The summed E-state index contributed by atoms with van der Waals surface area (Å²) in [6.45, 7) is 5.71. The number of nitrogens with one attached hydrogen (secondary N) is 2. The first-order valence-electron chi connectivity index (χ1n) is 11.0. The topological polar surface area (TPSA) is 67.9 Å². The number of piperazine rings is 1. The van der Waals surface area contributed by atoms with Gasteiger partial charge < -0.3 is 20.4 Å².